The maximum atomic E-state index is 5.82. The smallest absolute Gasteiger partial charge is 0.204 e. The Hall–Kier alpha value is -1.79. The zero-order valence-electron chi connectivity index (χ0n) is 13.3. The van der Waals surface area contributed by atoms with E-state index in [4.69, 9.17) is 9.15 Å². The summed E-state index contributed by atoms with van der Waals surface area (Å²) in [6.07, 6.45) is 1.77. The van der Waals surface area contributed by atoms with Crippen LogP contribution >= 0.6 is 23.1 Å². The molecule has 2 heterocycles. The molecule has 0 aliphatic heterocycles. The van der Waals surface area contributed by atoms with Crippen molar-refractivity contribution in [1.29, 1.82) is 0 Å². The second-order valence-electron chi connectivity index (χ2n) is 5.09. The second kappa shape index (κ2) is 7.19. The molecule has 0 saturated heterocycles. The predicted molar refractivity (Wildman–Crippen MR) is 95.1 cm³/mol. The van der Waals surface area contributed by atoms with Crippen molar-refractivity contribution in [2.75, 3.05) is 7.11 Å². The van der Waals surface area contributed by atoms with E-state index in [1.807, 2.05) is 24.3 Å². The van der Waals surface area contributed by atoms with Crippen molar-refractivity contribution >= 4 is 23.1 Å². The molecule has 0 atom stereocenters. The topological polar surface area (TPSA) is 48.2 Å². The zero-order chi connectivity index (χ0) is 16.2. The van der Waals surface area contributed by atoms with Gasteiger partial charge in [0.2, 0.25) is 5.89 Å². The molecule has 3 rings (SSSR count). The number of thiazole rings is 1. The number of nitrogens with zero attached hydrogens (tertiary/aromatic N) is 2. The standard InChI is InChI=1S/C17H18N2O2S2/c1-11-12(2)23-17(19-11)10-22-9-16-18-8-15(21-16)13-4-6-14(20-3)7-5-13/h4-8H,9-10H2,1-3H3. The Labute approximate surface area is 143 Å². The highest BCUT2D eigenvalue weighted by Crippen LogP contribution is 2.26. The molecule has 120 valence electrons. The third kappa shape index (κ3) is 3.95. The Kier molecular flexibility index (Phi) is 5.03. The van der Waals surface area contributed by atoms with E-state index in [0.717, 1.165) is 45.2 Å². The number of methoxy groups -OCH3 is 1. The SMILES string of the molecule is COc1ccc(-c2cnc(CSCc3nc(C)c(C)s3)o2)cc1. The first kappa shape index (κ1) is 16.1. The Morgan fingerprint density at radius 1 is 1.17 bits per heavy atom. The number of hydrogen-bond donors (Lipinski definition) is 0. The highest BCUT2D eigenvalue weighted by molar-refractivity contribution is 7.97. The van der Waals surface area contributed by atoms with Gasteiger partial charge in [-0.2, -0.15) is 0 Å². The Balaban J connectivity index is 1.58. The molecule has 0 aliphatic carbocycles. The average Bonchev–Trinajstić information content (AvgIpc) is 3.15. The largest absolute Gasteiger partial charge is 0.497 e. The van der Waals surface area contributed by atoms with Crippen LogP contribution in [0.2, 0.25) is 0 Å². The number of thioether (sulfide) groups is 1. The first-order valence-electron chi connectivity index (χ1n) is 7.25. The molecule has 23 heavy (non-hydrogen) atoms. The van der Waals surface area contributed by atoms with Gasteiger partial charge >= 0.3 is 0 Å². The van der Waals surface area contributed by atoms with Gasteiger partial charge in [0.25, 0.3) is 0 Å². The van der Waals surface area contributed by atoms with Crippen molar-refractivity contribution in [2.24, 2.45) is 0 Å². The van der Waals surface area contributed by atoms with Crippen molar-refractivity contribution < 1.29 is 9.15 Å². The summed E-state index contributed by atoms with van der Waals surface area (Å²) >= 11 is 3.53. The summed E-state index contributed by atoms with van der Waals surface area (Å²) in [5.74, 6) is 3.99. The van der Waals surface area contributed by atoms with Crippen LogP contribution in [0.15, 0.2) is 34.9 Å². The highest BCUT2D eigenvalue weighted by atomic mass is 32.2. The van der Waals surface area contributed by atoms with Gasteiger partial charge in [-0.25, -0.2) is 9.97 Å². The molecule has 0 N–H and O–H groups in total. The van der Waals surface area contributed by atoms with Crippen LogP contribution in [0.5, 0.6) is 5.75 Å². The van der Waals surface area contributed by atoms with Crippen LogP contribution in [0.3, 0.4) is 0 Å². The van der Waals surface area contributed by atoms with Crippen LogP contribution in [-0.4, -0.2) is 17.1 Å². The van der Waals surface area contributed by atoms with E-state index in [0.29, 0.717) is 0 Å². The Morgan fingerprint density at radius 2 is 1.96 bits per heavy atom. The fourth-order valence-electron chi connectivity index (χ4n) is 2.09. The molecular formula is C17H18N2O2S2. The maximum Gasteiger partial charge on any atom is 0.204 e. The molecule has 0 saturated carbocycles. The van der Waals surface area contributed by atoms with Gasteiger partial charge in [-0.05, 0) is 38.1 Å². The van der Waals surface area contributed by atoms with Gasteiger partial charge < -0.3 is 9.15 Å². The first-order valence-corrected chi connectivity index (χ1v) is 9.22. The van der Waals surface area contributed by atoms with Gasteiger partial charge in [0, 0.05) is 16.2 Å². The molecule has 6 heteroatoms. The Morgan fingerprint density at radius 3 is 2.61 bits per heavy atom. The monoisotopic (exact) mass is 346 g/mol. The number of aryl methyl sites for hydroxylation is 2. The molecule has 0 aliphatic rings. The minimum atomic E-state index is 0.741. The minimum absolute atomic E-state index is 0.741. The lowest BCUT2D eigenvalue weighted by Gasteiger charge is -2.00. The summed E-state index contributed by atoms with van der Waals surface area (Å²) in [5, 5.41) is 1.16. The van der Waals surface area contributed by atoms with Gasteiger partial charge in [0.05, 0.1) is 24.8 Å². The molecule has 0 amide bonds. The van der Waals surface area contributed by atoms with Gasteiger partial charge in [0.1, 0.15) is 10.8 Å². The number of ether oxygens (including phenoxy) is 1. The quantitative estimate of drug-likeness (QED) is 0.638. The van der Waals surface area contributed by atoms with Gasteiger partial charge in [0.15, 0.2) is 5.76 Å². The zero-order valence-corrected chi connectivity index (χ0v) is 15.0. The van der Waals surface area contributed by atoms with Crippen LogP contribution in [0, 0.1) is 13.8 Å². The molecule has 0 radical (unpaired) electrons. The number of oxazole rings is 1. The molecule has 3 aromatic rings. The van der Waals surface area contributed by atoms with Crippen LogP contribution < -0.4 is 4.74 Å². The van der Waals surface area contributed by atoms with Crippen molar-refractivity contribution in [3.05, 3.63) is 51.9 Å². The van der Waals surface area contributed by atoms with Crippen LogP contribution in [-0.2, 0) is 11.5 Å². The molecule has 2 aromatic heterocycles. The maximum absolute atomic E-state index is 5.82. The predicted octanol–water partition coefficient (Wildman–Crippen LogP) is 4.86. The van der Waals surface area contributed by atoms with Crippen LogP contribution in [0.25, 0.3) is 11.3 Å². The van der Waals surface area contributed by atoms with Crippen LogP contribution in [0.4, 0.5) is 0 Å². The second-order valence-corrected chi connectivity index (χ2v) is 7.36. The van der Waals surface area contributed by atoms with Gasteiger partial charge in [-0.15, -0.1) is 23.1 Å². The van der Waals surface area contributed by atoms with E-state index >= 15 is 0 Å². The Bertz CT molecular complexity index is 759. The lowest BCUT2D eigenvalue weighted by molar-refractivity contribution is 0.415. The van der Waals surface area contributed by atoms with Crippen molar-refractivity contribution in [2.45, 2.75) is 25.4 Å². The van der Waals surface area contributed by atoms with Gasteiger partial charge in [-0.3, -0.25) is 0 Å². The van der Waals surface area contributed by atoms with Crippen LogP contribution in [0.1, 0.15) is 21.5 Å². The van der Waals surface area contributed by atoms with E-state index in [2.05, 4.69) is 23.8 Å². The third-order valence-corrected chi connectivity index (χ3v) is 5.64. The summed E-state index contributed by atoms with van der Waals surface area (Å²) < 4.78 is 11.0. The van der Waals surface area contributed by atoms with E-state index < -0.39 is 0 Å². The minimum Gasteiger partial charge on any atom is -0.497 e. The molecular weight excluding hydrogens is 328 g/mol. The molecule has 1 aromatic carbocycles. The summed E-state index contributed by atoms with van der Waals surface area (Å²) in [6, 6.07) is 7.77. The summed E-state index contributed by atoms with van der Waals surface area (Å²) in [6.45, 7) is 4.16. The number of aromatic nitrogens is 2. The molecule has 0 unspecified atom stereocenters. The first-order chi connectivity index (χ1) is 11.2. The summed E-state index contributed by atoms with van der Waals surface area (Å²) in [7, 11) is 1.66. The number of hydrogen-bond acceptors (Lipinski definition) is 6. The molecule has 0 bridgehead atoms. The lowest BCUT2D eigenvalue weighted by Crippen LogP contribution is -1.83. The van der Waals surface area contributed by atoms with Gasteiger partial charge in [-0.1, -0.05) is 0 Å². The fraction of sp³-hybridized carbons (Fsp3) is 0.294. The highest BCUT2D eigenvalue weighted by Gasteiger charge is 2.08. The van der Waals surface area contributed by atoms with E-state index in [1.165, 1.54) is 4.88 Å². The van der Waals surface area contributed by atoms with Crippen molar-refractivity contribution in [3.63, 3.8) is 0 Å². The third-order valence-electron chi connectivity index (χ3n) is 3.45. The molecule has 0 fully saturated rings. The van der Waals surface area contributed by atoms with Crippen molar-refractivity contribution in [1.82, 2.24) is 9.97 Å². The number of benzene rings is 1. The molecule has 0 spiro atoms. The number of rotatable bonds is 6. The normalized spacial score (nSPS) is 10.9. The summed E-state index contributed by atoms with van der Waals surface area (Å²) in [5.41, 5.74) is 2.13. The lowest BCUT2D eigenvalue weighted by atomic mass is 10.2. The fourth-order valence-corrected chi connectivity index (χ4v) is 3.96. The van der Waals surface area contributed by atoms with Crippen molar-refractivity contribution in [3.8, 4) is 17.1 Å². The molecule has 4 nitrogen and oxygen atoms in total. The summed E-state index contributed by atoms with van der Waals surface area (Å²) in [4.78, 5) is 10.2. The van der Waals surface area contributed by atoms with E-state index in [-0.39, 0.29) is 0 Å². The van der Waals surface area contributed by atoms with E-state index in [1.54, 1.807) is 36.4 Å². The average molecular weight is 346 g/mol. The van der Waals surface area contributed by atoms with E-state index in [9.17, 15) is 0 Å².